The van der Waals surface area contributed by atoms with Gasteiger partial charge in [-0.2, -0.15) is 5.10 Å². The highest BCUT2D eigenvalue weighted by Gasteiger charge is 1.97. The van der Waals surface area contributed by atoms with Crippen molar-refractivity contribution in [2.75, 3.05) is 5.32 Å². The molecule has 1 heterocycles. The van der Waals surface area contributed by atoms with Crippen LogP contribution in [0.3, 0.4) is 0 Å². The van der Waals surface area contributed by atoms with Crippen molar-refractivity contribution in [1.29, 1.82) is 0 Å². The van der Waals surface area contributed by atoms with Crippen LogP contribution in [-0.2, 0) is 0 Å². The Bertz CT molecular complexity index is 254. The minimum Gasteiger partial charge on any atom is -0.333 e. The highest BCUT2D eigenvalue weighted by molar-refractivity contribution is 7.80. The zero-order chi connectivity index (χ0) is 8.27. The molecule has 0 aliphatic rings. The fourth-order valence-electron chi connectivity index (χ4n) is 0.713. The molecule has 0 saturated carbocycles. The van der Waals surface area contributed by atoms with Crippen molar-refractivity contribution in [3.8, 4) is 0 Å². The third-order valence-corrected chi connectivity index (χ3v) is 1.69. The molecule has 0 fully saturated rings. The molecule has 4 heteroatoms. The lowest BCUT2D eigenvalue weighted by Crippen LogP contribution is -2.06. The van der Waals surface area contributed by atoms with Crippen molar-refractivity contribution in [2.45, 2.75) is 20.3 Å². The number of anilines is 1. The van der Waals surface area contributed by atoms with E-state index >= 15 is 0 Å². The fourth-order valence-corrected chi connectivity index (χ4v) is 0.818. The van der Waals surface area contributed by atoms with E-state index in [9.17, 15) is 0 Å². The van der Waals surface area contributed by atoms with Crippen LogP contribution in [0.5, 0.6) is 0 Å². The van der Waals surface area contributed by atoms with Crippen LogP contribution in [0.25, 0.3) is 0 Å². The molecule has 0 radical (unpaired) electrons. The average Bonchev–Trinajstić information content (AvgIpc) is 2.35. The second-order valence-corrected chi connectivity index (χ2v) is 2.83. The highest BCUT2D eigenvalue weighted by Crippen LogP contribution is 2.04. The number of thiocarbonyl (C=S) groups is 1. The molecule has 60 valence electrons. The van der Waals surface area contributed by atoms with Crippen molar-refractivity contribution < 1.29 is 0 Å². The lowest BCUT2D eigenvalue weighted by Gasteiger charge is -1.98. The molecular weight excluding hydrogens is 158 g/mol. The summed E-state index contributed by atoms with van der Waals surface area (Å²) >= 11 is 4.98. The van der Waals surface area contributed by atoms with Crippen molar-refractivity contribution in [3.05, 3.63) is 11.8 Å². The van der Waals surface area contributed by atoms with Crippen LogP contribution in [0, 0.1) is 6.92 Å². The SMILES string of the molecule is CCC(=S)Nc1cc(C)[nH]n1. The molecular formula is C7H11N3S. The van der Waals surface area contributed by atoms with Crippen molar-refractivity contribution in [1.82, 2.24) is 10.2 Å². The Morgan fingerprint density at radius 2 is 2.55 bits per heavy atom. The summed E-state index contributed by atoms with van der Waals surface area (Å²) in [5, 5.41) is 9.81. The van der Waals surface area contributed by atoms with Crippen molar-refractivity contribution >= 4 is 23.0 Å². The van der Waals surface area contributed by atoms with Gasteiger partial charge in [0, 0.05) is 11.8 Å². The van der Waals surface area contributed by atoms with E-state index in [1.165, 1.54) is 0 Å². The summed E-state index contributed by atoms with van der Waals surface area (Å²) in [6, 6.07) is 1.92. The first-order valence-corrected chi connectivity index (χ1v) is 3.95. The monoisotopic (exact) mass is 169 g/mol. The normalized spacial score (nSPS) is 9.64. The Labute approximate surface area is 71.2 Å². The molecule has 3 nitrogen and oxygen atoms in total. The molecule has 0 unspecified atom stereocenters. The van der Waals surface area contributed by atoms with Gasteiger partial charge in [-0.15, -0.1) is 0 Å². The zero-order valence-corrected chi connectivity index (χ0v) is 7.46. The summed E-state index contributed by atoms with van der Waals surface area (Å²) < 4.78 is 0. The maximum Gasteiger partial charge on any atom is 0.152 e. The molecule has 1 rings (SSSR count). The lowest BCUT2D eigenvalue weighted by molar-refractivity contribution is 1.05. The van der Waals surface area contributed by atoms with E-state index in [1.807, 2.05) is 19.9 Å². The summed E-state index contributed by atoms with van der Waals surface area (Å²) in [6.45, 7) is 3.96. The van der Waals surface area contributed by atoms with Gasteiger partial charge in [0.05, 0.1) is 4.99 Å². The van der Waals surface area contributed by atoms with E-state index in [-0.39, 0.29) is 0 Å². The third kappa shape index (κ3) is 2.31. The number of aryl methyl sites for hydroxylation is 1. The topological polar surface area (TPSA) is 40.7 Å². The smallest absolute Gasteiger partial charge is 0.152 e. The zero-order valence-electron chi connectivity index (χ0n) is 6.64. The summed E-state index contributed by atoms with van der Waals surface area (Å²) in [5.74, 6) is 0.800. The molecule has 0 saturated heterocycles. The Hall–Kier alpha value is -0.900. The number of nitrogens with zero attached hydrogens (tertiary/aromatic N) is 1. The van der Waals surface area contributed by atoms with Crippen molar-refractivity contribution in [2.24, 2.45) is 0 Å². The van der Waals surface area contributed by atoms with Crippen LogP contribution in [-0.4, -0.2) is 15.2 Å². The second-order valence-electron chi connectivity index (χ2n) is 2.34. The largest absolute Gasteiger partial charge is 0.333 e. The van der Waals surface area contributed by atoms with E-state index in [2.05, 4.69) is 15.5 Å². The van der Waals surface area contributed by atoms with E-state index in [1.54, 1.807) is 0 Å². The fraction of sp³-hybridized carbons (Fsp3) is 0.429. The standard InChI is InChI=1S/C7H11N3S/c1-3-7(11)8-6-4-5(2)9-10-6/h4H,3H2,1-2H3,(H2,8,9,10,11). The van der Waals surface area contributed by atoms with Gasteiger partial charge in [0.25, 0.3) is 0 Å². The summed E-state index contributed by atoms with van der Waals surface area (Å²) in [7, 11) is 0. The first kappa shape index (κ1) is 8.20. The predicted octanol–water partition coefficient (Wildman–Crippen LogP) is 1.87. The van der Waals surface area contributed by atoms with Gasteiger partial charge in [0.15, 0.2) is 5.82 Å². The number of aromatic nitrogens is 2. The summed E-state index contributed by atoms with van der Waals surface area (Å²) in [4.78, 5) is 0.816. The molecule has 1 aromatic rings. The van der Waals surface area contributed by atoms with Crippen molar-refractivity contribution in [3.63, 3.8) is 0 Å². The quantitative estimate of drug-likeness (QED) is 0.664. The maximum atomic E-state index is 4.98. The molecule has 0 atom stereocenters. The van der Waals surface area contributed by atoms with Crippen LogP contribution in [0.15, 0.2) is 6.07 Å². The van der Waals surface area contributed by atoms with Gasteiger partial charge in [-0.25, -0.2) is 0 Å². The molecule has 2 N–H and O–H groups in total. The molecule has 0 aliphatic heterocycles. The summed E-state index contributed by atoms with van der Waals surface area (Å²) in [6.07, 6.45) is 0.848. The second kappa shape index (κ2) is 3.48. The van der Waals surface area contributed by atoms with Gasteiger partial charge in [-0.3, -0.25) is 5.10 Å². The molecule has 0 spiro atoms. The molecule has 0 amide bonds. The van der Waals surface area contributed by atoms with Gasteiger partial charge in [-0.05, 0) is 13.3 Å². The molecule has 1 aromatic heterocycles. The Balaban J connectivity index is 2.57. The average molecular weight is 169 g/mol. The highest BCUT2D eigenvalue weighted by atomic mass is 32.1. The Morgan fingerprint density at radius 3 is 3.00 bits per heavy atom. The van der Waals surface area contributed by atoms with E-state index < -0.39 is 0 Å². The van der Waals surface area contributed by atoms with Crippen LogP contribution in [0.2, 0.25) is 0 Å². The van der Waals surface area contributed by atoms with Crippen LogP contribution in [0.4, 0.5) is 5.82 Å². The van der Waals surface area contributed by atoms with Crippen LogP contribution in [0.1, 0.15) is 19.0 Å². The van der Waals surface area contributed by atoms with E-state index in [4.69, 9.17) is 12.2 Å². The minimum absolute atomic E-state index is 0.800. The minimum atomic E-state index is 0.800. The van der Waals surface area contributed by atoms with Crippen LogP contribution >= 0.6 is 12.2 Å². The number of hydrogen-bond acceptors (Lipinski definition) is 2. The molecule has 11 heavy (non-hydrogen) atoms. The van der Waals surface area contributed by atoms with E-state index in [0.717, 1.165) is 22.9 Å². The third-order valence-electron chi connectivity index (χ3n) is 1.29. The molecule has 0 bridgehead atoms. The lowest BCUT2D eigenvalue weighted by atomic mass is 10.4. The number of aromatic amines is 1. The molecule has 0 aliphatic carbocycles. The van der Waals surface area contributed by atoms with Gasteiger partial charge < -0.3 is 5.32 Å². The Kier molecular flexibility index (Phi) is 2.59. The Morgan fingerprint density at radius 1 is 1.82 bits per heavy atom. The van der Waals surface area contributed by atoms with Gasteiger partial charge in [0.1, 0.15) is 0 Å². The van der Waals surface area contributed by atoms with Gasteiger partial charge >= 0.3 is 0 Å². The van der Waals surface area contributed by atoms with Gasteiger partial charge in [-0.1, -0.05) is 19.1 Å². The summed E-state index contributed by atoms with van der Waals surface area (Å²) in [5.41, 5.74) is 1.03. The van der Waals surface area contributed by atoms with Gasteiger partial charge in [0.2, 0.25) is 0 Å². The number of H-pyrrole nitrogens is 1. The first-order valence-electron chi connectivity index (χ1n) is 3.54. The predicted molar refractivity (Wildman–Crippen MR) is 49.8 cm³/mol. The number of nitrogens with one attached hydrogen (secondary N) is 2. The van der Waals surface area contributed by atoms with Crippen LogP contribution < -0.4 is 5.32 Å². The number of rotatable bonds is 2. The number of hydrogen-bond donors (Lipinski definition) is 2. The van der Waals surface area contributed by atoms with E-state index in [0.29, 0.717) is 0 Å². The first-order chi connectivity index (χ1) is 5.22. The molecule has 0 aromatic carbocycles. The maximum absolute atomic E-state index is 4.98.